The van der Waals surface area contributed by atoms with Crippen molar-refractivity contribution in [3.8, 4) is 17.3 Å². The maximum atomic E-state index is 14.6. The van der Waals surface area contributed by atoms with Crippen molar-refractivity contribution in [3.05, 3.63) is 71.4 Å². The average molecular weight is 499 g/mol. The summed E-state index contributed by atoms with van der Waals surface area (Å²) < 4.78 is 41.6. The Labute approximate surface area is 210 Å². The molecule has 0 radical (unpaired) electrons. The van der Waals surface area contributed by atoms with Crippen molar-refractivity contribution in [2.24, 2.45) is 0 Å². The SMILES string of the molecule is CCCNC(=O)N(Cc1c(CC)nn(-c2ccccc2)c1Oc1ccc(F)cc1F)C[C@@H]1CCCO1. The summed E-state index contributed by atoms with van der Waals surface area (Å²) in [6, 6.07) is 12.3. The van der Waals surface area contributed by atoms with E-state index in [-0.39, 0.29) is 30.3 Å². The van der Waals surface area contributed by atoms with Crippen LogP contribution in [0.3, 0.4) is 0 Å². The smallest absolute Gasteiger partial charge is 0.317 e. The molecule has 0 unspecified atom stereocenters. The normalized spacial score (nSPS) is 15.2. The maximum Gasteiger partial charge on any atom is 0.317 e. The number of benzene rings is 2. The number of rotatable bonds is 10. The fourth-order valence-corrected chi connectivity index (χ4v) is 4.22. The number of amides is 2. The molecular weight excluding hydrogens is 466 g/mol. The molecule has 0 saturated carbocycles. The van der Waals surface area contributed by atoms with E-state index in [4.69, 9.17) is 14.6 Å². The van der Waals surface area contributed by atoms with Crippen LogP contribution in [0.4, 0.5) is 13.6 Å². The molecule has 4 rings (SSSR count). The van der Waals surface area contributed by atoms with E-state index in [1.807, 2.05) is 44.2 Å². The fourth-order valence-electron chi connectivity index (χ4n) is 4.22. The lowest BCUT2D eigenvalue weighted by Crippen LogP contribution is -2.43. The van der Waals surface area contributed by atoms with Crippen LogP contribution in [0.15, 0.2) is 48.5 Å². The van der Waals surface area contributed by atoms with Crippen molar-refractivity contribution in [2.75, 3.05) is 19.7 Å². The molecule has 3 aromatic rings. The zero-order valence-electron chi connectivity index (χ0n) is 20.7. The van der Waals surface area contributed by atoms with Gasteiger partial charge in [0.2, 0.25) is 5.88 Å². The van der Waals surface area contributed by atoms with Gasteiger partial charge in [-0.05, 0) is 49.9 Å². The zero-order valence-corrected chi connectivity index (χ0v) is 20.7. The van der Waals surface area contributed by atoms with E-state index >= 15 is 0 Å². The number of hydrogen-bond acceptors (Lipinski definition) is 4. The van der Waals surface area contributed by atoms with Crippen LogP contribution in [0.25, 0.3) is 5.69 Å². The van der Waals surface area contributed by atoms with E-state index in [0.29, 0.717) is 31.7 Å². The third kappa shape index (κ3) is 6.02. The first-order valence-electron chi connectivity index (χ1n) is 12.4. The molecule has 0 bridgehead atoms. The quantitative estimate of drug-likeness (QED) is 0.395. The first kappa shape index (κ1) is 25.6. The van der Waals surface area contributed by atoms with E-state index in [1.165, 1.54) is 6.07 Å². The third-order valence-corrected chi connectivity index (χ3v) is 6.07. The van der Waals surface area contributed by atoms with E-state index < -0.39 is 11.6 Å². The summed E-state index contributed by atoms with van der Waals surface area (Å²) in [7, 11) is 0. The van der Waals surface area contributed by atoms with Crippen LogP contribution in [0.5, 0.6) is 11.6 Å². The minimum atomic E-state index is -0.822. The van der Waals surface area contributed by atoms with Gasteiger partial charge in [-0.15, -0.1) is 0 Å². The number of hydrogen-bond donors (Lipinski definition) is 1. The van der Waals surface area contributed by atoms with E-state index in [2.05, 4.69) is 5.32 Å². The summed E-state index contributed by atoms with van der Waals surface area (Å²) in [5, 5.41) is 7.70. The standard InChI is InChI=1S/C27H32F2N4O3/c1-3-14-30-27(34)32(17-21-11-8-15-35-21)18-22-24(4-2)31-33(20-9-6-5-7-10-20)26(22)36-25-13-12-19(28)16-23(25)29/h5-7,9-10,12-13,16,21H,3-4,8,11,14-15,17-18H2,1-2H3,(H,30,34)/t21-/m0/s1. The van der Waals surface area contributed by atoms with Gasteiger partial charge >= 0.3 is 6.03 Å². The number of carbonyl (C=O) groups excluding carboxylic acids is 1. The van der Waals surface area contributed by atoms with Crippen molar-refractivity contribution in [3.63, 3.8) is 0 Å². The number of aryl methyl sites for hydroxylation is 1. The first-order chi connectivity index (χ1) is 17.5. The lowest BCUT2D eigenvalue weighted by atomic mass is 10.1. The summed E-state index contributed by atoms with van der Waals surface area (Å²) in [6.45, 7) is 5.80. The summed E-state index contributed by atoms with van der Waals surface area (Å²) >= 11 is 0. The van der Waals surface area contributed by atoms with Crippen LogP contribution in [-0.4, -0.2) is 46.5 Å². The van der Waals surface area contributed by atoms with Gasteiger partial charge in [-0.2, -0.15) is 5.10 Å². The number of halogens is 2. The minimum absolute atomic E-state index is 0.0504. The van der Waals surface area contributed by atoms with Crippen LogP contribution >= 0.6 is 0 Å². The largest absolute Gasteiger partial charge is 0.435 e. The number of para-hydroxylation sites is 1. The van der Waals surface area contributed by atoms with Crippen molar-refractivity contribution < 1.29 is 23.0 Å². The van der Waals surface area contributed by atoms with E-state index in [9.17, 15) is 13.6 Å². The average Bonchev–Trinajstić information content (AvgIpc) is 3.52. The Bertz CT molecular complexity index is 1160. The van der Waals surface area contributed by atoms with Gasteiger partial charge in [-0.25, -0.2) is 18.3 Å². The summed E-state index contributed by atoms with van der Waals surface area (Å²) in [5.74, 6) is -1.36. The van der Waals surface area contributed by atoms with Crippen LogP contribution in [0.1, 0.15) is 44.4 Å². The van der Waals surface area contributed by atoms with Gasteiger partial charge in [0.1, 0.15) is 5.82 Å². The molecule has 1 aromatic heterocycles. The molecule has 2 aromatic carbocycles. The van der Waals surface area contributed by atoms with Crippen molar-refractivity contribution in [1.82, 2.24) is 20.0 Å². The molecule has 2 amide bonds. The number of ether oxygens (including phenoxy) is 2. The lowest BCUT2D eigenvalue weighted by Gasteiger charge is -2.26. The molecule has 36 heavy (non-hydrogen) atoms. The van der Waals surface area contributed by atoms with Crippen molar-refractivity contribution in [2.45, 2.75) is 52.2 Å². The molecule has 1 fully saturated rings. The monoisotopic (exact) mass is 498 g/mol. The Hall–Kier alpha value is -3.46. The second-order valence-electron chi connectivity index (χ2n) is 8.76. The summed E-state index contributed by atoms with van der Waals surface area (Å²) in [5.41, 5.74) is 2.10. The molecule has 0 spiro atoms. The predicted octanol–water partition coefficient (Wildman–Crippen LogP) is 5.61. The van der Waals surface area contributed by atoms with Crippen LogP contribution in [-0.2, 0) is 17.7 Å². The Morgan fingerprint density at radius 3 is 2.69 bits per heavy atom. The minimum Gasteiger partial charge on any atom is -0.435 e. The van der Waals surface area contributed by atoms with Gasteiger partial charge in [0.05, 0.1) is 29.6 Å². The summed E-state index contributed by atoms with van der Waals surface area (Å²) in [6.07, 6.45) is 3.17. The zero-order chi connectivity index (χ0) is 25.5. The molecule has 1 atom stereocenters. The second kappa shape index (κ2) is 12.0. The Balaban J connectivity index is 1.76. The van der Waals surface area contributed by atoms with Gasteiger partial charge in [0.25, 0.3) is 0 Å². The Morgan fingerprint density at radius 2 is 2.03 bits per heavy atom. The number of urea groups is 1. The van der Waals surface area contributed by atoms with E-state index in [1.54, 1.807) is 9.58 Å². The molecule has 2 heterocycles. The third-order valence-electron chi connectivity index (χ3n) is 6.07. The summed E-state index contributed by atoms with van der Waals surface area (Å²) in [4.78, 5) is 14.8. The topological polar surface area (TPSA) is 68.6 Å². The molecular formula is C27H32F2N4O3. The number of carbonyl (C=O) groups is 1. The second-order valence-corrected chi connectivity index (χ2v) is 8.76. The highest BCUT2D eigenvalue weighted by molar-refractivity contribution is 5.74. The number of nitrogens with one attached hydrogen (secondary N) is 1. The molecule has 9 heteroatoms. The predicted molar refractivity (Wildman–Crippen MR) is 132 cm³/mol. The molecule has 192 valence electrons. The molecule has 1 aliphatic heterocycles. The maximum absolute atomic E-state index is 14.6. The Morgan fingerprint density at radius 1 is 1.22 bits per heavy atom. The van der Waals surface area contributed by atoms with Crippen LogP contribution in [0, 0.1) is 11.6 Å². The fraction of sp³-hybridized carbons (Fsp3) is 0.407. The highest BCUT2D eigenvalue weighted by atomic mass is 19.1. The molecule has 1 N–H and O–H groups in total. The van der Waals surface area contributed by atoms with Crippen molar-refractivity contribution in [1.29, 1.82) is 0 Å². The van der Waals surface area contributed by atoms with Crippen LogP contribution < -0.4 is 10.1 Å². The van der Waals surface area contributed by atoms with Crippen LogP contribution in [0.2, 0.25) is 0 Å². The molecule has 0 aliphatic carbocycles. The lowest BCUT2D eigenvalue weighted by molar-refractivity contribution is 0.0792. The first-order valence-corrected chi connectivity index (χ1v) is 12.4. The molecule has 1 saturated heterocycles. The van der Waals surface area contributed by atoms with Gasteiger partial charge in [-0.3, -0.25) is 0 Å². The highest BCUT2D eigenvalue weighted by Gasteiger charge is 2.28. The van der Waals surface area contributed by atoms with Gasteiger partial charge in [-0.1, -0.05) is 32.0 Å². The van der Waals surface area contributed by atoms with Gasteiger partial charge in [0.15, 0.2) is 11.6 Å². The number of aromatic nitrogens is 2. The van der Waals surface area contributed by atoms with Gasteiger partial charge in [0, 0.05) is 25.8 Å². The van der Waals surface area contributed by atoms with E-state index in [0.717, 1.165) is 42.8 Å². The van der Waals surface area contributed by atoms with Crippen molar-refractivity contribution >= 4 is 6.03 Å². The van der Waals surface area contributed by atoms with Gasteiger partial charge < -0.3 is 19.7 Å². The molecule has 7 nitrogen and oxygen atoms in total. The Kier molecular flexibility index (Phi) is 8.53. The number of nitrogens with zero attached hydrogens (tertiary/aromatic N) is 3. The highest BCUT2D eigenvalue weighted by Crippen LogP contribution is 2.34. The molecule has 1 aliphatic rings.